The third-order valence-corrected chi connectivity index (χ3v) is 4.62. The third kappa shape index (κ3) is 1.56. The SMILES string of the molecule is Cc1cc2c(c(C)c1F)NC(=O)C2(O)C1CCCC1. The monoisotopic (exact) mass is 263 g/mol. The van der Waals surface area contributed by atoms with Crippen LogP contribution in [0.4, 0.5) is 10.1 Å². The minimum absolute atomic E-state index is 0.0574. The Kier molecular flexibility index (Phi) is 2.68. The normalized spacial score (nSPS) is 26.6. The fraction of sp³-hybridized carbons (Fsp3) is 0.533. The van der Waals surface area contributed by atoms with Gasteiger partial charge in [-0.2, -0.15) is 0 Å². The van der Waals surface area contributed by atoms with E-state index in [1.807, 2.05) is 0 Å². The van der Waals surface area contributed by atoms with Crippen LogP contribution in [-0.2, 0) is 10.4 Å². The maximum atomic E-state index is 13.9. The minimum Gasteiger partial charge on any atom is -0.375 e. The molecule has 3 rings (SSSR count). The van der Waals surface area contributed by atoms with Crippen LogP contribution < -0.4 is 5.32 Å². The van der Waals surface area contributed by atoms with Crippen molar-refractivity contribution in [2.24, 2.45) is 5.92 Å². The van der Waals surface area contributed by atoms with Gasteiger partial charge in [-0.1, -0.05) is 12.8 Å². The fourth-order valence-electron chi connectivity index (χ4n) is 3.50. The van der Waals surface area contributed by atoms with Gasteiger partial charge in [0.2, 0.25) is 0 Å². The highest BCUT2D eigenvalue weighted by Crippen LogP contribution is 2.48. The fourth-order valence-corrected chi connectivity index (χ4v) is 3.50. The predicted octanol–water partition coefficient (Wildman–Crippen LogP) is 2.77. The second-order valence-electron chi connectivity index (χ2n) is 5.76. The zero-order chi connectivity index (χ0) is 13.8. The molecule has 1 aliphatic carbocycles. The lowest BCUT2D eigenvalue weighted by Crippen LogP contribution is -2.40. The molecule has 2 aliphatic rings. The van der Waals surface area contributed by atoms with Crippen molar-refractivity contribution >= 4 is 11.6 Å². The highest BCUT2D eigenvalue weighted by atomic mass is 19.1. The molecule has 4 heteroatoms. The Labute approximate surface area is 111 Å². The van der Waals surface area contributed by atoms with Gasteiger partial charge >= 0.3 is 0 Å². The third-order valence-electron chi connectivity index (χ3n) is 4.62. The Balaban J connectivity index is 2.19. The number of carbonyl (C=O) groups is 1. The van der Waals surface area contributed by atoms with Crippen LogP contribution in [0.5, 0.6) is 0 Å². The van der Waals surface area contributed by atoms with Gasteiger partial charge in [-0.05, 0) is 38.3 Å². The van der Waals surface area contributed by atoms with Crippen molar-refractivity contribution < 1.29 is 14.3 Å². The molecule has 3 nitrogen and oxygen atoms in total. The average molecular weight is 263 g/mol. The smallest absolute Gasteiger partial charge is 0.261 e. The molecule has 0 bridgehead atoms. The Hall–Kier alpha value is -1.42. The largest absolute Gasteiger partial charge is 0.375 e. The number of carbonyl (C=O) groups excluding carboxylic acids is 1. The van der Waals surface area contributed by atoms with E-state index in [0.29, 0.717) is 22.4 Å². The standard InChI is InChI=1S/C15H18FNO2/c1-8-7-11-13(9(2)12(8)16)17-14(18)15(11,19)10-5-3-4-6-10/h7,10,19H,3-6H2,1-2H3,(H,17,18). The zero-order valence-electron chi connectivity index (χ0n) is 11.2. The van der Waals surface area contributed by atoms with E-state index < -0.39 is 11.5 Å². The molecule has 1 fully saturated rings. The van der Waals surface area contributed by atoms with Gasteiger partial charge in [0.05, 0.1) is 5.69 Å². The van der Waals surface area contributed by atoms with Gasteiger partial charge in [0, 0.05) is 17.0 Å². The highest BCUT2D eigenvalue weighted by molar-refractivity contribution is 6.06. The lowest BCUT2D eigenvalue weighted by atomic mass is 9.80. The summed E-state index contributed by atoms with van der Waals surface area (Å²) < 4.78 is 13.9. The Bertz CT molecular complexity index is 564. The quantitative estimate of drug-likeness (QED) is 0.818. The van der Waals surface area contributed by atoms with Gasteiger partial charge < -0.3 is 10.4 Å². The number of hydrogen-bond acceptors (Lipinski definition) is 2. The van der Waals surface area contributed by atoms with Crippen molar-refractivity contribution in [1.82, 2.24) is 0 Å². The summed E-state index contributed by atoms with van der Waals surface area (Å²) in [6, 6.07) is 1.62. The number of aryl methyl sites for hydroxylation is 1. The van der Waals surface area contributed by atoms with Crippen LogP contribution in [0.15, 0.2) is 6.07 Å². The van der Waals surface area contributed by atoms with Crippen molar-refractivity contribution in [2.45, 2.75) is 45.1 Å². The topological polar surface area (TPSA) is 49.3 Å². The molecule has 19 heavy (non-hydrogen) atoms. The first-order valence-electron chi connectivity index (χ1n) is 6.80. The number of aliphatic hydroxyl groups is 1. The summed E-state index contributed by atoms with van der Waals surface area (Å²) in [4.78, 5) is 12.2. The Morgan fingerprint density at radius 3 is 2.63 bits per heavy atom. The van der Waals surface area contributed by atoms with E-state index in [9.17, 15) is 14.3 Å². The minimum atomic E-state index is -1.48. The lowest BCUT2D eigenvalue weighted by Gasteiger charge is -2.28. The van der Waals surface area contributed by atoms with Crippen molar-refractivity contribution in [3.8, 4) is 0 Å². The first-order valence-corrected chi connectivity index (χ1v) is 6.80. The maximum absolute atomic E-state index is 13.9. The van der Waals surface area contributed by atoms with E-state index in [2.05, 4.69) is 5.32 Å². The molecule has 1 unspecified atom stereocenters. The molecule has 1 amide bonds. The molecule has 1 atom stereocenters. The summed E-state index contributed by atoms with van der Waals surface area (Å²) in [5.74, 6) is -0.768. The van der Waals surface area contributed by atoms with Crippen LogP contribution in [0.3, 0.4) is 0 Å². The van der Waals surface area contributed by atoms with E-state index in [1.165, 1.54) is 0 Å². The summed E-state index contributed by atoms with van der Waals surface area (Å²) in [6.45, 7) is 3.31. The predicted molar refractivity (Wildman–Crippen MR) is 70.4 cm³/mol. The second-order valence-corrected chi connectivity index (χ2v) is 5.76. The van der Waals surface area contributed by atoms with Crippen molar-refractivity contribution in [2.75, 3.05) is 5.32 Å². The molecule has 1 aliphatic heterocycles. The highest BCUT2D eigenvalue weighted by Gasteiger charge is 2.52. The summed E-state index contributed by atoms with van der Waals surface area (Å²) >= 11 is 0. The summed E-state index contributed by atoms with van der Waals surface area (Å²) in [6.07, 6.45) is 3.77. The van der Waals surface area contributed by atoms with Gasteiger partial charge in [0.25, 0.3) is 5.91 Å². The van der Waals surface area contributed by atoms with E-state index in [0.717, 1.165) is 25.7 Å². The molecular formula is C15H18FNO2. The Morgan fingerprint density at radius 1 is 1.37 bits per heavy atom. The number of rotatable bonds is 1. The molecule has 102 valence electrons. The van der Waals surface area contributed by atoms with Crippen molar-refractivity contribution in [3.63, 3.8) is 0 Å². The number of anilines is 1. The number of benzene rings is 1. The summed E-state index contributed by atoms with van der Waals surface area (Å²) in [5.41, 5.74) is 0.430. The first kappa shape index (κ1) is 12.6. The number of amides is 1. The molecule has 1 heterocycles. The maximum Gasteiger partial charge on any atom is 0.261 e. The molecule has 1 aromatic carbocycles. The van der Waals surface area contributed by atoms with E-state index in [4.69, 9.17) is 0 Å². The molecule has 0 saturated heterocycles. The van der Waals surface area contributed by atoms with Gasteiger partial charge in [-0.3, -0.25) is 4.79 Å². The summed E-state index contributed by atoms with van der Waals surface area (Å²) in [7, 11) is 0. The number of hydrogen-bond donors (Lipinski definition) is 2. The molecule has 2 N–H and O–H groups in total. The van der Waals surface area contributed by atoms with E-state index in [1.54, 1.807) is 19.9 Å². The molecule has 0 radical (unpaired) electrons. The van der Waals surface area contributed by atoms with E-state index >= 15 is 0 Å². The first-order chi connectivity index (χ1) is 8.96. The van der Waals surface area contributed by atoms with Gasteiger partial charge in [-0.25, -0.2) is 4.39 Å². The van der Waals surface area contributed by atoms with Crippen LogP contribution in [0.2, 0.25) is 0 Å². The average Bonchev–Trinajstić information content (AvgIpc) is 2.98. The number of nitrogens with one attached hydrogen (secondary N) is 1. The van der Waals surface area contributed by atoms with Crippen LogP contribution in [0.25, 0.3) is 0 Å². The van der Waals surface area contributed by atoms with Crippen LogP contribution in [0, 0.1) is 25.6 Å². The van der Waals surface area contributed by atoms with Crippen LogP contribution >= 0.6 is 0 Å². The van der Waals surface area contributed by atoms with Gasteiger partial charge in [0.15, 0.2) is 5.60 Å². The van der Waals surface area contributed by atoms with Crippen molar-refractivity contribution in [3.05, 3.63) is 28.6 Å². The van der Waals surface area contributed by atoms with Crippen LogP contribution in [-0.4, -0.2) is 11.0 Å². The number of halogens is 1. The Morgan fingerprint density at radius 2 is 2.00 bits per heavy atom. The number of fused-ring (bicyclic) bond motifs is 1. The second kappa shape index (κ2) is 4.04. The van der Waals surface area contributed by atoms with Crippen LogP contribution in [0.1, 0.15) is 42.4 Å². The molecule has 0 aromatic heterocycles. The van der Waals surface area contributed by atoms with Gasteiger partial charge in [-0.15, -0.1) is 0 Å². The summed E-state index contributed by atoms with van der Waals surface area (Å²) in [5, 5.41) is 13.6. The molecule has 1 aromatic rings. The molecule has 0 spiro atoms. The van der Waals surface area contributed by atoms with Gasteiger partial charge in [0.1, 0.15) is 5.82 Å². The molecular weight excluding hydrogens is 245 g/mol. The molecule has 1 saturated carbocycles. The zero-order valence-corrected chi connectivity index (χ0v) is 11.2. The van der Waals surface area contributed by atoms with E-state index in [-0.39, 0.29) is 11.7 Å². The lowest BCUT2D eigenvalue weighted by molar-refractivity contribution is -0.139. The van der Waals surface area contributed by atoms with Crippen molar-refractivity contribution in [1.29, 1.82) is 0 Å².